The molecule has 0 radical (unpaired) electrons. The Labute approximate surface area is 118 Å². The van der Waals surface area contributed by atoms with Crippen LogP contribution in [0.3, 0.4) is 0 Å². The lowest BCUT2D eigenvalue weighted by atomic mass is 10.3. The van der Waals surface area contributed by atoms with Crippen molar-refractivity contribution in [2.45, 2.75) is 33.4 Å². The maximum absolute atomic E-state index is 11.3. The Morgan fingerprint density at radius 1 is 1.25 bits per heavy atom. The van der Waals surface area contributed by atoms with Crippen LogP contribution >= 0.6 is 0 Å². The number of fused-ring (bicyclic) bond motifs is 1. The zero-order valence-corrected chi connectivity index (χ0v) is 13.0. The zero-order valence-electron chi connectivity index (χ0n) is 12.2. The number of hydrogen-bond acceptors (Lipinski definition) is 3. The second-order valence-corrected chi connectivity index (χ2v) is 6.70. The molecular formula is C13H20N4O2S. The Bertz CT molecular complexity index is 784. The van der Waals surface area contributed by atoms with E-state index in [-0.39, 0.29) is 6.04 Å². The van der Waals surface area contributed by atoms with Crippen LogP contribution in [0.5, 0.6) is 0 Å². The lowest BCUT2D eigenvalue weighted by Gasteiger charge is -2.09. The molecule has 0 amide bonds. The van der Waals surface area contributed by atoms with Crippen molar-refractivity contribution in [3.63, 3.8) is 0 Å². The Morgan fingerprint density at radius 2 is 1.85 bits per heavy atom. The molecular weight excluding hydrogens is 276 g/mol. The number of aryl methyl sites for hydroxylation is 1. The van der Waals surface area contributed by atoms with Gasteiger partial charge in [-0.15, -0.1) is 5.10 Å². The monoisotopic (exact) mass is 296 g/mol. The average Bonchev–Trinajstić information content (AvgIpc) is 2.68. The second kappa shape index (κ2) is 5.32. The van der Waals surface area contributed by atoms with Crippen molar-refractivity contribution in [2.75, 3.05) is 6.26 Å². The van der Waals surface area contributed by atoms with Crippen molar-refractivity contribution >= 4 is 21.1 Å². The number of nitrogens with one attached hydrogen (secondary N) is 1. The number of imidazole rings is 1. The van der Waals surface area contributed by atoms with Crippen LogP contribution < -0.4 is 10.4 Å². The number of para-hydroxylation sites is 2. The molecule has 1 heterocycles. The topological polar surface area (TPSA) is 68.4 Å². The molecule has 2 rings (SSSR count). The second-order valence-electron chi connectivity index (χ2n) is 4.97. The Hall–Kier alpha value is -1.76. The Morgan fingerprint density at radius 3 is 2.35 bits per heavy atom. The number of sulfonamides is 1. The van der Waals surface area contributed by atoms with Crippen LogP contribution in [0.25, 0.3) is 11.0 Å². The minimum absolute atomic E-state index is 0.174. The molecule has 0 aliphatic carbocycles. The summed E-state index contributed by atoms with van der Waals surface area (Å²) in [4.78, 5) is 2.22. The van der Waals surface area contributed by atoms with Crippen LogP contribution in [0.2, 0.25) is 0 Å². The van der Waals surface area contributed by atoms with Gasteiger partial charge in [0.1, 0.15) is 0 Å². The largest absolute Gasteiger partial charge is 0.309 e. The van der Waals surface area contributed by atoms with Gasteiger partial charge in [-0.1, -0.05) is 12.1 Å². The smallest absolute Gasteiger partial charge is 0.244 e. The number of benzene rings is 1. The predicted molar refractivity (Wildman–Crippen MR) is 79.5 cm³/mol. The molecule has 0 bridgehead atoms. The molecule has 1 aromatic carbocycles. The SMILES string of the molecule is CCn1/c(=N\NS(C)(=O)=O)n(C(C)C)c2ccccc21. The fourth-order valence-electron chi connectivity index (χ4n) is 2.30. The molecule has 2 aromatic rings. The minimum atomic E-state index is -3.37. The maximum Gasteiger partial charge on any atom is 0.244 e. The third-order valence-electron chi connectivity index (χ3n) is 3.03. The molecule has 0 aliphatic rings. The normalized spacial score (nSPS) is 13.3. The molecule has 0 fully saturated rings. The van der Waals surface area contributed by atoms with Gasteiger partial charge in [-0.05, 0) is 32.9 Å². The van der Waals surface area contributed by atoms with E-state index in [9.17, 15) is 8.42 Å². The highest BCUT2D eigenvalue weighted by molar-refractivity contribution is 7.88. The number of rotatable bonds is 4. The van der Waals surface area contributed by atoms with Gasteiger partial charge in [-0.2, -0.15) is 0 Å². The van der Waals surface area contributed by atoms with Crippen molar-refractivity contribution in [2.24, 2.45) is 5.10 Å². The molecule has 0 saturated carbocycles. The predicted octanol–water partition coefficient (Wildman–Crippen LogP) is 1.41. The van der Waals surface area contributed by atoms with E-state index in [0.717, 1.165) is 17.3 Å². The standard InChI is InChI=1S/C13H20N4O2S/c1-5-16-11-8-6-7-9-12(11)17(10(2)3)13(16)14-15-20(4,18)19/h6-10,15H,5H2,1-4H3/b14-13+. The highest BCUT2D eigenvalue weighted by Crippen LogP contribution is 2.16. The molecule has 1 N–H and O–H groups in total. The summed E-state index contributed by atoms with van der Waals surface area (Å²) in [6.45, 7) is 6.82. The van der Waals surface area contributed by atoms with E-state index in [1.54, 1.807) is 0 Å². The number of hydrogen-bond donors (Lipinski definition) is 1. The summed E-state index contributed by atoms with van der Waals surface area (Å²) in [5, 5.41) is 4.09. The first kappa shape index (κ1) is 14.6. The van der Waals surface area contributed by atoms with Gasteiger partial charge in [0.15, 0.2) is 0 Å². The third-order valence-corrected chi connectivity index (χ3v) is 3.46. The van der Waals surface area contributed by atoms with Crippen molar-refractivity contribution in [3.8, 4) is 0 Å². The molecule has 0 spiro atoms. The maximum atomic E-state index is 11.3. The summed E-state index contributed by atoms with van der Waals surface area (Å²) < 4.78 is 26.6. The van der Waals surface area contributed by atoms with Crippen molar-refractivity contribution in [1.29, 1.82) is 0 Å². The van der Waals surface area contributed by atoms with Gasteiger partial charge in [-0.25, -0.2) is 13.2 Å². The van der Waals surface area contributed by atoms with Crippen molar-refractivity contribution < 1.29 is 8.42 Å². The fraction of sp³-hybridized carbons (Fsp3) is 0.462. The molecule has 0 saturated heterocycles. The van der Waals surface area contributed by atoms with E-state index >= 15 is 0 Å². The zero-order chi connectivity index (χ0) is 14.9. The molecule has 6 nitrogen and oxygen atoms in total. The summed E-state index contributed by atoms with van der Waals surface area (Å²) in [5.74, 6) is 0. The summed E-state index contributed by atoms with van der Waals surface area (Å²) in [6, 6.07) is 8.13. The van der Waals surface area contributed by atoms with Gasteiger partial charge < -0.3 is 9.13 Å². The van der Waals surface area contributed by atoms with Gasteiger partial charge in [-0.3, -0.25) is 0 Å². The molecule has 110 valence electrons. The quantitative estimate of drug-likeness (QED) is 0.867. The van der Waals surface area contributed by atoms with Gasteiger partial charge >= 0.3 is 0 Å². The Kier molecular flexibility index (Phi) is 3.89. The van der Waals surface area contributed by atoms with E-state index in [1.807, 2.05) is 54.2 Å². The van der Waals surface area contributed by atoms with Gasteiger partial charge in [0.25, 0.3) is 0 Å². The summed E-state index contributed by atoms with van der Waals surface area (Å²) >= 11 is 0. The van der Waals surface area contributed by atoms with Crippen LogP contribution in [-0.2, 0) is 16.6 Å². The van der Waals surface area contributed by atoms with Crippen molar-refractivity contribution in [1.82, 2.24) is 14.0 Å². The third kappa shape index (κ3) is 2.72. The summed E-state index contributed by atoms with van der Waals surface area (Å²) in [5.41, 5.74) is 2.69. The average molecular weight is 296 g/mol. The van der Waals surface area contributed by atoms with Gasteiger partial charge in [0.2, 0.25) is 15.6 Å². The highest BCUT2D eigenvalue weighted by atomic mass is 32.2. The molecule has 0 unspecified atom stereocenters. The van der Waals surface area contributed by atoms with E-state index in [1.165, 1.54) is 0 Å². The molecule has 20 heavy (non-hydrogen) atoms. The summed E-state index contributed by atoms with van der Waals surface area (Å²) in [6.07, 6.45) is 1.09. The van der Waals surface area contributed by atoms with E-state index in [0.29, 0.717) is 12.2 Å². The lowest BCUT2D eigenvalue weighted by Crippen LogP contribution is -2.31. The fourth-order valence-corrected chi connectivity index (χ4v) is 2.55. The highest BCUT2D eigenvalue weighted by Gasteiger charge is 2.13. The summed E-state index contributed by atoms with van der Waals surface area (Å²) in [7, 11) is -3.37. The molecule has 1 aromatic heterocycles. The van der Waals surface area contributed by atoms with Crippen LogP contribution in [0.1, 0.15) is 26.8 Å². The van der Waals surface area contributed by atoms with Crippen LogP contribution in [0.15, 0.2) is 29.4 Å². The molecule has 0 atom stereocenters. The Balaban J connectivity index is 2.83. The first-order valence-electron chi connectivity index (χ1n) is 6.55. The van der Waals surface area contributed by atoms with E-state index < -0.39 is 10.0 Å². The van der Waals surface area contributed by atoms with Crippen molar-refractivity contribution in [3.05, 3.63) is 29.9 Å². The molecule has 7 heteroatoms. The van der Waals surface area contributed by atoms with E-state index in [2.05, 4.69) is 9.93 Å². The molecule has 0 aliphatic heterocycles. The first-order chi connectivity index (χ1) is 9.35. The van der Waals surface area contributed by atoms with Crippen LogP contribution in [0.4, 0.5) is 0 Å². The first-order valence-corrected chi connectivity index (χ1v) is 8.44. The lowest BCUT2D eigenvalue weighted by molar-refractivity contribution is 0.543. The van der Waals surface area contributed by atoms with Crippen LogP contribution in [-0.4, -0.2) is 23.8 Å². The number of nitrogens with zero attached hydrogens (tertiary/aromatic N) is 3. The van der Waals surface area contributed by atoms with Crippen LogP contribution in [0, 0.1) is 0 Å². The van der Waals surface area contributed by atoms with Gasteiger partial charge in [0.05, 0.1) is 17.3 Å². The number of aromatic nitrogens is 2. The van der Waals surface area contributed by atoms with E-state index in [4.69, 9.17) is 0 Å². The van der Waals surface area contributed by atoms with Gasteiger partial charge in [0, 0.05) is 12.6 Å². The minimum Gasteiger partial charge on any atom is -0.309 e.